The lowest BCUT2D eigenvalue weighted by Gasteiger charge is -2.23. The first-order valence-corrected chi connectivity index (χ1v) is 9.14. The van der Waals surface area contributed by atoms with Gasteiger partial charge >= 0.3 is 0 Å². The molecular weight excluding hydrogens is 312 g/mol. The van der Waals surface area contributed by atoms with Gasteiger partial charge in [-0.3, -0.25) is 0 Å². The predicted octanol–water partition coefficient (Wildman–Crippen LogP) is 3.43. The molecule has 1 aromatic heterocycles. The first kappa shape index (κ1) is 15.6. The summed E-state index contributed by atoms with van der Waals surface area (Å²) >= 11 is 0. The molecule has 0 aliphatic heterocycles. The van der Waals surface area contributed by atoms with Gasteiger partial charge in [-0.1, -0.05) is 24.3 Å². The van der Waals surface area contributed by atoms with Crippen molar-refractivity contribution >= 4 is 27.0 Å². The van der Waals surface area contributed by atoms with Gasteiger partial charge in [-0.25, -0.2) is 8.42 Å². The summed E-state index contributed by atoms with van der Waals surface area (Å²) in [5, 5.41) is 0. The van der Waals surface area contributed by atoms with Crippen molar-refractivity contribution in [2.45, 2.75) is 17.9 Å². The number of fused-ring (bicyclic) bond motifs is 1. The second-order valence-corrected chi connectivity index (χ2v) is 7.61. The minimum absolute atomic E-state index is 0.00308. The molecule has 0 aliphatic carbocycles. The van der Waals surface area contributed by atoms with Crippen molar-refractivity contribution < 1.29 is 12.8 Å². The molecule has 3 aromatic rings. The number of benzene rings is 2. The van der Waals surface area contributed by atoms with Gasteiger partial charge in [-0.05, 0) is 36.8 Å². The van der Waals surface area contributed by atoms with E-state index in [1.807, 2.05) is 55.3 Å². The molecule has 0 saturated carbocycles. The molecule has 2 aromatic carbocycles. The largest absolute Gasteiger partial charge is 0.423 e. The third-order valence-electron chi connectivity index (χ3n) is 3.96. The van der Waals surface area contributed by atoms with Crippen molar-refractivity contribution in [3.63, 3.8) is 0 Å². The van der Waals surface area contributed by atoms with Crippen LogP contribution in [0.15, 0.2) is 57.8 Å². The summed E-state index contributed by atoms with van der Waals surface area (Å²) in [7, 11) is -1.28. The molecule has 0 saturated heterocycles. The van der Waals surface area contributed by atoms with Crippen LogP contribution in [0.5, 0.6) is 0 Å². The van der Waals surface area contributed by atoms with Gasteiger partial charge < -0.3 is 9.32 Å². The predicted molar refractivity (Wildman–Crippen MR) is 90.4 cm³/mol. The maximum absolute atomic E-state index is 11.5. The van der Waals surface area contributed by atoms with Gasteiger partial charge in [0.2, 0.25) is 0 Å². The second-order valence-electron chi connectivity index (χ2n) is 5.59. The normalized spacial score (nSPS) is 13.2. The monoisotopic (exact) mass is 330 g/mol. The molecule has 3 rings (SSSR count). The summed E-state index contributed by atoms with van der Waals surface area (Å²) < 4.78 is 28.8. The maximum Gasteiger partial charge on any atom is 0.298 e. The Kier molecular flexibility index (Phi) is 3.85. The smallest absolute Gasteiger partial charge is 0.298 e. The number of anilines is 1. The van der Waals surface area contributed by atoms with Gasteiger partial charge in [0.05, 0.1) is 10.9 Å². The molecule has 0 bridgehead atoms. The minimum Gasteiger partial charge on any atom is -0.423 e. The Morgan fingerprint density at radius 1 is 1.09 bits per heavy atom. The highest BCUT2D eigenvalue weighted by Crippen LogP contribution is 2.28. The van der Waals surface area contributed by atoms with Crippen LogP contribution >= 0.6 is 0 Å². The van der Waals surface area contributed by atoms with Gasteiger partial charge in [0.1, 0.15) is 5.52 Å². The zero-order valence-electron chi connectivity index (χ0n) is 13.2. The second kappa shape index (κ2) is 5.70. The van der Waals surface area contributed by atoms with E-state index in [1.165, 1.54) is 6.26 Å². The van der Waals surface area contributed by atoms with Gasteiger partial charge in [0, 0.05) is 13.3 Å². The van der Waals surface area contributed by atoms with Crippen LogP contribution in [0.3, 0.4) is 0 Å². The zero-order valence-corrected chi connectivity index (χ0v) is 14.0. The Balaban J connectivity index is 1.88. The van der Waals surface area contributed by atoms with Gasteiger partial charge in [-0.15, -0.1) is 0 Å². The van der Waals surface area contributed by atoms with Crippen LogP contribution in [0.25, 0.3) is 11.1 Å². The highest BCUT2D eigenvalue weighted by atomic mass is 32.2. The molecule has 23 heavy (non-hydrogen) atoms. The zero-order chi connectivity index (χ0) is 16.6. The Morgan fingerprint density at radius 2 is 1.74 bits per heavy atom. The van der Waals surface area contributed by atoms with Gasteiger partial charge in [-0.2, -0.15) is 4.98 Å². The molecule has 1 unspecified atom stereocenters. The van der Waals surface area contributed by atoms with Crippen LogP contribution in [0, 0.1) is 0 Å². The average molecular weight is 330 g/mol. The molecule has 120 valence electrons. The molecule has 1 heterocycles. The third kappa shape index (κ3) is 3.07. The van der Waals surface area contributed by atoms with Crippen LogP contribution in [0.1, 0.15) is 18.5 Å². The molecule has 0 N–H and O–H groups in total. The lowest BCUT2D eigenvalue weighted by Crippen LogP contribution is -2.21. The lowest BCUT2D eigenvalue weighted by molar-refractivity contribution is 0.557. The fraction of sp³-hybridized carbons (Fsp3) is 0.235. The fourth-order valence-corrected chi connectivity index (χ4v) is 3.02. The van der Waals surface area contributed by atoms with Crippen LogP contribution < -0.4 is 4.90 Å². The molecule has 0 amide bonds. The Morgan fingerprint density at radius 3 is 2.35 bits per heavy atom. The Bertz CT molecular complexity index is 897. The molecule has 0 aliphatic rings. The van der Waals surface area contributed by atoms with Crippen LogP contribution in [0.4, 0.5) is 6.01 Å². The Hall–Kier alpha value is -2.34. The van der Waals surface area contributed by atoms with E-state index < -0.39 is 9.84 Å². The number of hydrogen-bond acceptors (Lipinski definition) is 5. The Labute approximate surface area is 135 Å². The fourth-order valence-electron chi connectivity index (χ4n) is 2.39. The molecule has 0 spiro atoms. The van der Waals surface area contributed by atoms with Crippen molar-refractivity contribution in [2.75, 3.05) is 18.2 Å². The number of oxazole rings is 1. The molecule has 0 radical (unpaired) electrons. The van der Waals surface area contributed by atoms with E-state index in [2.05, 4.69) is 4.98 Å². The quantitative estimate of drug-likeness (QED) is 0.733. The molecule has 5 nitrogen and oxygen atoms in total. The minimum atomic E-state index is -3.18. The number of hydrogen-bond donors (Lipinski definition) is 0. The van der Waals surface area contributed by atoms with E-state index in [4.69, 9.17) is 4.42 Å². The SMILES string of the molecule is CC(c1ccc(S(C)(=O)=O)cc1)N(C)c1nc2ccccc2o1. The lowest BCUT2D eigenvalue weighted by atomic mass is 10.1. The summed E-state index contributed by atoms with van der Waals surface area (Å²) in [6.45, 7) is 2.02. The highest BCUT2D eigenvalue weighted by molar-refractivity contribution is 7.90. The summed E-state index contributed by atoms with van der Waals surface area (Å²) in [6, 6.07) is 15.0. The van der Waals surface area contributed by atoms with Crippen LogP contribution in [0.2, 0.25) is 0 Å². The summed E-state index contributed by atoms with van der Waals surface area (Å²) in [5.74, 6) is 0. The number of rotatable bonds is 4. The van der Waals surface area contributed by atoms with Crippen LogP contribution in [-0.2, 0) is 9.84 Å². The van der Waals surface area contributed by atoms with Crippen molar-refractivity contribution in [3.05, 3.63) is 54.1 Å². The van der Waals surface area contributed by atoms with E-state index in [-0.39, 0.29) is 6.04 Å². The summed E-state index contributed by atoms with van der Waals surface area (Å²) in [6.07, 6.45) is 1.20. The van der Waals surface area contributed by atoms with Crippen molar-refractivity contribution in [2.24, 2.45) is 0 Å². The summed E-state index contributed by atoms with van der Waals surface area (Å²) in [5.41, 5.74) is 2.55. The van der Waals surface area contributed by atoms with Crippen molar-refractivity contribution in [1.29, 1.82) is 0 Å². The molecule has 6 heteroatoms. The van der Waals surface area contributed by atoms with E-state index in [1.54, 1.807) is 12.1 Å². The first-order valence-electron chi connectivity index (χ1n) is 7.24. The first-order chi connectivity index (χ1) is 10.9. The number of sulfone groups is 1. The van der Waals surface area contributed by atoms with Gasteiger partial charge in [0.15, 0.2) is 15.4 Å². The molecular formula is C17H18N2O3S. The van der Waals surface area contributed by atoms with E-state index in [0.717, 1.165) is 16.7 Å². The number of para-hydroxylation sites is 2. The van der Waals surface area contributed by atoms with Crippen LogP contribution in [-0.4, -0.2) is 26.7 Å². The molecule has 0 fully saturated rings. The van der Waals surface area contributed by atoms with E-state index >= 15 is 0 Å². The van der Waals surface area contributed by atoms with Gasteiger partial charge in [0.25, 0.3) is 6.01 Å². The van der Waals surface area contributed by atoms with E-state index in [0.29, 0.717) is 10.9 Å². The summed E-state index contributed by atoms with van der Waals surface area (Å²) in [4.78, 5) is 6.72. The maximum atomic E-state index is 11.5. The van der Waals surface area contributed by atoms with E-state index in [9.17, 15) is 8.42 Å². The van der Waals surface area contributed by atoms with Crippen molar-refractivity contribution in [1.82, 2.24) is 4.98 Å². The highest BCUT2D eigenvalue weighted by Gasteiger charge is 2.18. The number of nitrogens with zero attached hydrogens (tertiary/aromatic N) is 2. The number of aromatic nitrogens is 1. The third-order valence-corrected chi connectivity index (χ3v) is 5.08. The van der Waals surface area contributed by atoms with Crippen molar-refractivity contribution in [3.8, 4) is 0 Å². The standard InChI is InChI=1S/C17H18N2O3S/c1-12(13-8-10-14(11-9-13)23(3,20)21)19(2)17-18-15-6-4-5-7-16(15)22-17/h4-12H,1-3H3. The topological polar surface area (TPSA) is 63.4 Å². The average Bonchev–Trinajstić information content (AvgIpc) is 2.96. The molecule has 1 atom stereocenters.